The smallest absolute Gasteiger partial charge is 0.422 e. The highest BCUT2D eigenvalue weighted by molar-refractivity contribution is 6.11. The molecule has 1 aliphatic carbocycles. The van der Waals surface area contributed by atoms with Crippen molar-refractivity contribution < 1.29 is 24.2 Å². The molecule has 7 heteroatoms. The zero-order chi connectivity index (χ0) is 24.5. The molecule has 1 amide bonds. The van der Waals surface area contributed by atoms with Crippen molar-refractivity contribution in [3.63, 3.8) is 0 Å². The van der Waals surface area contributed by atoms with Crippen LogP contribution < -0.4 is 5.43 Å². The number of rotatable bonds is 5. The van der Waals surface area contributed by atoms with Gasteiger partial charge in [0.1, 0.15) is 17.4 Å². The molecule has 1 fully saturated rings. The van der Waals surface area contributed by atoms with E-state index in [0.717, 1.165) is 11.1 Å². The Labute approximate surface area is 199 Å². The number of carbonyl (C=O) groups excluding carboxylic acids is 3. The number of amides is 1. The lowest BCUT2D eigenvalue weighted by Crippen LogP contribution is -2.62. The lowest BCUT2D eigenvalue weighted by Gasteiger charge is -2.42. The molecule has 4 unspecified atom stereocenters. The lowest BCUT2D eigenvalue weighted by molar-refractivity contribution is -0.126. The predicted molar refractivity (Wildman–Crippen MR) is 127 cm³/mol. The Balaban J connectivity index is 1.73. The first-order chi connectivity index (χ1) is 16.2. The number of benzene rings is 2. The van der Waals surface area contributed by atoms with Crippen molar-refractivity contribution in [2.45, 2.75) is 56.9 Å². The number of carbonyl (C=O) groups is 3. The summed E-state index contributed by atoms with van der Waals surface area (Å²) in [6.45, 7) is 5.22. The fourth-order valence-electron chi connectivity index (χ4n) is 4.76. The molecule has 1 saturated carbocycles. The van der Waals surface area contributed by atoms with Crippen LogP contribution in [0.15, 0.2) is 72.8 Å². The van der Waals surface area contributed by atoms with Crippen LogP contribution in [-0.4, -0.2) is 51.6 Å². The molecule has 0 aromatic heterocycles. The van der Waals surface area contributed by atoms with Crippen LogP contribution in [0, 0.1) is 5.92 Å². The van der Waals surface area contributed by atoms with Gasteiger partial charge in [-0.05, 0) is 31.9 Å². The molecule has 0 radical (unpaired) electrons. The van der Waals surface area contributed by atoms with E-state index in [1.807, 2.05) is 60.7 Å². The van der Waals surface area contributed by atoms with E-state index >= 15 is 0 Å². The van der Waals surface area contributed by atoms with Crippen LogP contribution in [-0.2, 0) is 14.3 Å². The third-order valence-electron chi connectivity index (χ3n) is 6.15. The maximum Gasteiger partial charge on any atom is 0.422 e. The minimum Gasteiger partial charge on any atom is -0.443 e. The summed E-state index contributed by atoms with van der Waals surface area (Å²) in [5.74, 6) is -1.59. The Morgan fingerprint density at radius 2 is 1.53 bits per heavy atom. The zero-order valence-corrected chi connectivity index (χ0v) is 19.5. The van der Waals surface area contributed by atoms with Crippen LogP contribution in [0.4, 0.5) is 4.79 Å². The van der Waals surface area contributed by atoms with E-state index in [9.17, 15) is 19.5 Å². The third kappa shape index (κ3) is 4.95. The normalized spacial score (nSPS) is 23.6. The highest BCUT2D eigenvalue weighted by Crippen LogP contribution is 2.36. The molecule has 178 valence electrons. The Morgan fingerprint density at radius 3 is 2.06 bits per heavy atom. The van der Waals surface area contributed by atoms with Crippen molar-refractivity contribution >= 4 is 17.7 Å². The van der Waals surface area contributed by atoms with Crippen LogP contribution in [0.5, 0.6) is 0 Å². The van der Waals surface area contributed by atoms with Crippen molar-refractivity contribution in [2.75, 3.05) is 0 Å². The van der Waals surface area contributed by atoms with E-state index in [1.165, 1.54) is 5.01 Å². The van der Waals surface area contributed by atoms with Crippen molar-refractivity contribution in [1.29, 1.82) is 0 Å². The van der Waals surface area contributed by atoms with Crippen LogP contribution in [0.3, 0.4) is 0 Å². The molecule has 34 heavy (non-hydrogen) atoms. The first-order valence-electron chi connectivity index (χ1n) is 11.5. The van der Waals surface area contributed by atoms with E-state index in [2.05, 4.69) is 5.43 Å². The summed E-state index contributed by atoms with van der Waals surface area (Å²) < 4.78 is 5.42. The molecule has 2 aromatic rings. The summed E-state index contributed by atoms with van der Waals surface area (Å²) in [6, 6.07) is 17.5. The van der Waals surface area contributed by atoms with Gasteiger partial charge in [0.2, 0.25) is 0 Å². The molecule has 7 nitrogen and oxygen atoms in total. The van der Waals surface area contributed by atoms with Crippen LogP contribution in [0.2, 0.25) is 0 Å². The minimum absolute atomic E-state index is 0.196. The summed E-state index contributed by atoms with van der Waals surface area (Å²) in [5, 5.41) is 13.2. The highest BCUT2D eigenvalue weighted by Gasteiger charge is 2.50. The molecule has 1 heterocycles. The molecule has 1 aliphatic heterocycles. The van der Waals surface area contributed by atoms with Gasteiger partial charge in [0, 0.05) is 5.92 Å². The predicted octanol–water partition coefficient (Wildman–Crippen LogP) is 3.39. The van der Waals surface area contributed by atoms with Gasteiger partial charge in [-0.15, -0.1) is 0 Å². The maximum absolute atomic E-state index is 12.8. The summed E-state index contributed by atoms with van der Waals surface area (Å²) in [7, 11) is 0. The molecule has 4 atom stereocenters. The van der Waals surface area contributed by atoms with E-state index in [4.69, 9.17) is 4.74 Å². The Hall–Kier alpha value is -3.29. The van der Waals surface area contributed by atoms with Gasteiger partial charge in [-0.1, -0.05) is 72.8 Å². The molecule has 2 aromatic carbocycles. The van der Waals surface area contributed by atoms with Gasteiger partial charge in [-0.2, -0.15) is 5.01 Å². The maximum atomic E-state index is 12.8. The number of aliphatic hydroxyl groups excluding tert-OH is 1. The monoisotopic (exact) mass is 462 g/mol. The molecule has 2 N–H and O–H groups in total. The largest absolute Gasteiger partial charge is 0.443 e. The van der Waals surface area contributed by atoms with E-state index in [-0.39, 0.29) is 18.0 Å². The number of nitrogens with one attached hydrogen (secondary N) is 1. The molecule has 4 rings (SSSR count). The fourth-order valence-corrected chi connectivity index (χ4v) is 4.76. The molecular weight excluding hydrogens is 432 g/mol. The standard InChI is InChI=1S/C27H30N2O5/c1-27(2,3)34-26(33)28-29-20(15-14-19-21(30)16-22(31)24(19)29)25(32)23(17-10-6-4-7-11-17)18-12-8-5-9-13-18/h4-15,19-20,23-25,32H,16H2,1-3H3,(H,28,33). The summed E-state index contributed by atoms with van der Waals surface area (Å²) in [5.41, 5.74) is 3.70. The Morgan fingerprint density at radius 1 is 0.971 bits per heavy atom. The molecule has 0 spiro atoms. The van der Waals surface area contributed by atoms with E-state index < -0.39 is 41.7 Å². The van der Waals surface area contributed by atoms with Gasteiger partial charge >= 0.3 is 6.09 Å². The summed E-state index contributed by atoms with van der Waals surface area (Å²) in [6.07, 6.45) is 1.41. The van der Waals surface area contributed by atoms with Gasteiger partial charge in [-0.25, -0.2) is 4.79 Å². The van der Waals surface area contributed by atoms with Crippen LogP contribution in [0.1, 0.15) is 44.2 Å². The summed E-state index contributed by atoms with van der Waals surface area (Å²) in [4.78, 5) is 37.9. The highest BCUT2D eigenvalue weighted by atomic mass is 16.6. The lowest BCUT2D eigenvalue weighted by atomic mass is 9.81. The topological polar surface area (TPSA) is 95.9 Å². The van der Waals surface area contributed by atoms with Crippen LogP contribution >= 0.6 is 0 Å². The van der Waals surface area contributed by atoms with E-state index in [0.29, 0.717) is 0 Å². The number of fused-ring (bicyclic) bond motifs is 1. The molecule has 0 bridgehead atoms. The molecule has 0 saturated heterocycles. The number of hydrogen-bond donors (Lipinski definition) is 2. The third-order valence-corrected chi connectivity index (χ3v) is 6.15. The minimum atomic E-state index is -1.04. The first-order valence-corrected chi connectivity index (χ1v) is 11.5. The average Bonchev–Trinajstić information content (AvgIpc) is 3.08. The van der Waals surface area contributed by atoms with E-state index in [1.54, 1.807) is 32.9 Å². The SMILES string of the molecule is CC(C)(C)OC(=O)NN1C(C(O)C(c2ccccc2)c2ccccc2)C=CC2C(=O)CC(=O)C21. The van der Waals surface area contributed by atoms with Gasteiger partial charge in [0.15, 0.2) is 5.78 Å². The number of ether oxygens (including phenoxy) is 1. The molecule has 2 aliphatic rings. The molecular formula is C27H30N2O5. The van der Waals surface area contributed by atoms with Gasteiger partial charge in [-0.3, -0.25) is 15.0 Å². The second-order valence-corrected chi connectivity index (χ2v) is 9.77. The van der Waals surface area contributed by atoms with Crippen molar-refractivity contribution in [2.24, 2.45) is 5.92 Å². The van der Waals surface area contributed by atoms with Crippen molar-refractivity contribution in [3.8, 4) is 0 Å². The second-order valence-electron chi connectivity index (χ2n) is 9.77. The fraction of sp³-hybridized carbons (Fsp3) is 0.370. The average molecular weight is 463 g/mol. The zero-order valence-electron chi connectivity index (χ0n) is 19.5. The van der Waals surface area contributed by atoms with Gasteiger partial charge < -0.3 is 9.84 Å². The number of hydrogen-bond acceptors (Lipinski definition) is 6. The number of aliphatic hydroxyl groups is 1. The quantitative estimate of drug-likeness (QED) is 0.522. The number of nitrogens with zero attached hydrogens (tertiary/aromatic N) is 1. The first kappa shape index (κ1) is 23.9. The van der Waals surface area contributed by atoms with Gasteiger partial charge in [0.25, 0.3) is 0 Å². The van der Waals surface area contributed by atoms with Crippen molar-refractivity contribution in [1.82, 2.24) is 10.4 Å². The number of Topliss-reactive ketones (excluding diaryl/α,β-unsaturated/α-hetero) is 2. The van der Waals surface area contributed by atoms with Gasteiger partial charge in [0.05, 0.1) is 24.5 Å². The second kappa shape index (κ2) is 9.52. The Kier molecular flexibility index (Phi) is 6.68. The Bertz CT molecular complexity index is 1040. The number of hydrazine groups is 1. The number of ketones is 2. The summed E-state index contributed by atoms with van der Waals surface area (Å²) >= 11 is 0. The van der Waals surface area contributed by atoms with Crippen LogP contribution in [0.25, 0.3) is 0 Å². The van der Waals surface area contributed by atoms with Crippen molar-refractivity contribution in [3.05, 3.63) is 83.9 Å².